The fraction of sp³-hybridized carbons (Fsp3) is 0. The molecular formula is C48H28N4. The van der Waals surface area contributed by atoms with Gasteiger partial charge in [-0.15, -0.1) is 0 Å². The zero-order chi connectivity index (χ0) is 33.9. The highest BCUT2D eigenvalue weighted by molar-refractivity contribution is 6.16. The molecule has 11 aromatic rings. The molecule has 0 spiro atoms. The maximum atomic E-state index is 5.35. The molecule has 0 amide bonds. The van der Waals surface area contributed by atoms with Crippen LogP contribution < -0.4 is 0 Å². The average molecular weight is 661 g/mol. The lowest BCUT2D eigenvalue weighted by atomic mass is 10.00. The third kappa shape index (κ3) is 3.75. The molecule has 4 aromatic heterocycles. The van der Waals surface area contributed by atoms with Gasteiger partial charge in [0.1, 0.15) is 5.82 Å². The summed E-state index contributed by atoms with van der Waals surface area (Å²) in [6, 6.07) is 59.4. The van der Waals surface area contributed by atoms with E-state index in [2.05, 4.69) is 173 Å². The highest BCUT2D eigenvalue weighted by atomic mass is 15.1. The van der Waals surface area contributed by atoms with Gasteiger partial charge in [-0.05, 0) is 100 Å². The Hall–Kier alpha value is -7.04. The zero-order valence-electron chi connectivity index (χ0n) is 28.0. The molecule has 0 saturated carbocycles. The van der Waals surface area contributed by atoms with Crippen molar-refractivity contribution in [2.75, 3.05) is 0 Å². The summed E-state index contributed by atoms with van der Waals surface area (Å²) in [5.74, 6) is 0.907. The van der Waals surface area contributed by atoms with Crippen LogP contribution in [-0.4, -0.2) is 19.1 Å². The van der Waals surface area contributed by atoms with Gasteiger partial charge in [-0.1, -0.05) is 91.0 Å². The fourth-order valence-corrected chi connectivity index (χ4v) is 8.74. The number of rotatable bonds is 3. The van der Waals surface area contributed by atoms with E-state index in [0.29, 0.717) is 0 Å². The first-order chi connectivity index (χ1) is 25.8. The number of fused-ring (bicyclic) bond motifs is 10. The summed E-state index contributed by atoms with van der Waals surface area (Å²) in [4.78, 5) is 10.1. The SMILES string of the molecule is c1ccc(-n2c3ccc(-c4ccc5c(c4)c4ccccc4n5-c4ccc5c(n4)-c4cccc6ccnc-5c46)cc3c3cc4ccccc4cc32)cc1. The summed E-state index contributed by atoms with van der Waals surface area (Å²) in [5, 5.41) is 9.80. The lowest BCUT2D eigenvalue weighted by molar-refractivity contribution is 1.09. The number of hydrogen-bond acceptors (Lipinski definition) is 2. The second kappa shape index (κ2) is 10.3. The predicted molar refractivity (Wildman–Crippen MR) is 216 cm³/mol. The number of nitrogens with zero attached hydrogens (tertiary/aromatic N) is 4. The fourth-order valence-electron chi connectivity index (χ4n) is 8.74. The van der Waals surface area contributed by atoms with Gasteiger partial charge >= 0.3 is 0 Å². The Bertz CT molecular complexity index is 3290. The molecule has 0 bridgehead atoms. The molecule has 4 heterocycles. The summed E-state index contributed by atoms with van der Waals surface area (Å²) in [5.41, 5.74) is 12.5. The third-order valence-corrected chi connectivity index (χ3v) is 11.1. The summed E-state index contributed by atoms with van der Waals surface area (Å²) in [6.45, 7) is 0. The first-order valence-electron chi connectivity index (χ1n) is 17.7. The summed E-state index contributed by atoms with van der Waals surface area (Å²) < 4.78 is 4.71. The van der Waals surface area contributed by atoms with E-state index in [-0.39, 0.29) is 0 Å². The molecule has 4 nitrogen and oxygen atoms in total. The molecule has 0 radical (unpaired) electrons. The number of pyridine rings is 2. The minimum Gasteiger partial charge on any atom is -0.309 e. The number of para-hydroxylation sites is 2. The van der Waals surface area contributed by atoms with Gasteiger partial charge < -0.3 is 4.57 Å². The van der Waals surface area contributed by atoms with Crippen molar-refractivity contribution in [3.63, 3.8) is 0 Å². The van der Waals surface area contributed by atoms with Gasteiger partial charge in [-0.2, -0.15) is 0 Å². The normalized spacial score (nSPS) is 12.2. The van der Waals surface area contributed by atoms with Gasteiger partial charge in [0.2, 0.25) is 0 Å². The van der Waals surface area contributed by atoms with Gasteiger partial charge in [0.05, 0.1) is 33.5 Å². The zero-order valence-corrected chi connectivity index (χ0v) is 28.0. The molecule has 240 valence electrons. The van der Waals surface area contributed by atoms with Gasteiger partial charge in [0.15, 0.2) is 0 Å². The lowest BCUT2D eigenvalue weighted by Gasteiger charge is -2.10. The standard InChI is InChI=1S/C48H28N4/c1-2-12-34(13-3-1)51-42-20-17-33(27-39(42)40-25-30-9-4-5-10-31(30)28-44(40)51)32-18-21-43-38(26-32)35-14-6-7-16-41(35)52(43)45-22-19-37-47(50-45)36-15-8-11-29-23-24-49-48(37)46(29)36/h1-28H. The van der Waals surface area contributed by atoms with Crippen LogP contribution in [0.1, 0.15) is 0 Å². The largest absolute Gasteiger partial charge is 0.309 e. The van der Waals surface area contributed by atoms with Crippen LogP contribution in [0.15, 0.2) is 170 Å². The van der Waals surface area contributed by atoms with E-state index in [1.807, 2.05) is 6.20 Å². The van der Waals surface area contributed by atoms with Gasteiger partial charge in [-0.3, -0.25) is 9.55 Å². The summed E-state index contributed by atoms with van der Waals surface area (Å²) in [7, 11) is 0. The monoisotopic (exact) mass is 660 g/mol. The maximum Gasteiger partial charge on any atom is 0.138 e. The van der Waals surface area contributed by atoms with Crippen LogP contribution in [0.4, 0.5) is 0 Å². The Morgan fingerprint density at radius 3 is 1.90 bits per heavy atom. The van der Waals surface area contributed by atoms with Crippen molar-refractivity contribution >= 4 is 65.2 Å². The van der Waals surface area contributed by atoms with Crippen LogP contribution in [0.2, 0.25) is 0 Å². The maximum absolute atomic E-state index is 5.35. The molecule has 0 aliphatic heterocycles. The number of hydrogen-bond donors (Lipinski definition) is 0. The van der Waals surface area contributed by atoms with Crippen molar-refractivity contribution in [2.45, 2.75) is 0 Å². The van der Waals surface area contributed by atoms with E-state index in [9.17, 15) is 0 Å². The Labute approximate surface area is 298 Å². The number of benzene rings is 7. The lowest BCUT2D eigenvalue weighted by Crippen LogP contribution is -1.98. The Kier molecular flexibility index (Phi) is 5.47. The quantitative estimate of drug-likeness (QED) is 0.189. The average Bonchev–Trinajstić information content (AvgIpc) is 3.83. The van der Waals surface area contributed by atoms with Crippen LogP contribution in [0.5, 0.6) is 0 Å². The van der Waals surface area contributed by atoms with Crippen molar-refractivity contribution in [3.8, 4) is 45.1 Å². The minimum absolute atomic E-state index is 0.907. The first-order valence-corrected chi connectivity index (χ1v) is 17.7. The summed E-state index contributed by atoms with van der Waals surface area (Å²) in [6.07, 6.45) is 1.90. The minimum atomic E-state index is 0.907. The van der Waals surface area contributed by atoms with E-state index < -0.39 is 0 Å². The van der Waals surface area contributed by atoms with E-state index in [0.717, 1.165) is 45.1 Å². The van der Waals surface area contributed by atoms with Crippen molar-refractivity contribution in [2.24, 2.45) is 0 Å². The van der Waals surface area contributed by atoms with Crippen molar-refractivity contribution in [1.82, 2.24) is 19.1 Å². The van der Waals surface area contributed by atoms with Crippen LogP contribution in [0.3, 0.4) is 0 Å². The Morgan fingerprint density at radius 1 is 0.385 bits per heavy atom. The van der Waals surface area contributed by atoms with Gasteiger partial charge in [-0.25, -0.2) is 4.98 Å². The molecule has 52 heavy (non-hydrogen) atoms. The Balaban J connectivity index is 1.05. The topological polar surface area (TPSA) is 35.6 Å². The van der Waals surface area contributed by atoms with E-state index in [1.165, 1.54) is 65.3 Å². The molecule has 0 N–H and O–H groups in total. The van der Waals surface area contributed by atoms with Gasteiger partial charge in [0, 0.05) is 49.9 Å². The van der Waals surface area contributed by atoms with Crippen molar-refractivity contribution in [1.29, 1.82) is 0 Å². The smallest absolute Gasteiger partial charge is 0.138 e. The second-order valence-electron chi connectivity index (χ2n) is 13.8. The molecule has 0 saturated heterocycles. The van der Waals surface area contributed by atoms with Crippen LogP contribution >= 0.6 is 0 Å². The number of aromatic nitrogens is 4. The van der Waals surface area contributed by atoms with Crippen LogP contribution in [0, 0.1) is 0 Å². The predicted octanol–water partition coefficient (Wildman–Crippen LogP) is 12.3. The highest BCUT2D eigenvalue weighted by Gasteiger charge is 2.25. The highest BCUT2D eigenvalue weighted by Crippen LogP contribution is 2.46. The van der Waals surface area contributed by atoms with E-state index in [1.54, 1.807) is 0 Å². The first kappa shape index (κ1) is 27.7. The van der Waals surface area contributed by atoms with Crippen LogP contribution in [-0.2, 0) is 0 Å². The molecule has 0 unspecified atom stereocenters. The van der Waals surface area contributed by atoms with E-state index in [4.69, 9.17) is 9.97 Å². The molecule has 1 aliphatic carbocycles. The summed E-state index contributed by atoms with van der Waals surface area (Å²) >= 11 is 0. The second-order valence-corrected chi connectivity index (χ2v) is 13.8. The molecular weight excluding hydrogens is 633 g/mol. The molecule has 1 aliphatic rings. The van der Waals surface area contributed by atoms with Crippen LogP contribution in [0.25, 0.3) is 110 Å². The van der Waals surface area contributed by atoms with Gasteiger partial charge in [0.25, 0.3) is 0 Å². The van der Waals surface area contributed by atoms with Crippen molar-refractivity contribution in [3.05, 3.63) is 170 Å². The molecule has 0 atom stereocenters. The Morgan fingerprint density at radius 2 is 1.06 bits per heavy atom. The third-order valence-electron chi connectivity index (χ3n) is 11.1. The molecule has 4 heteroatoms. The molecule has 0 fully saturated rings. The van der Waals surface area contributed by atoms with Crippen molar-refractivity contribution < 1.29 is 0 Å². The van der Waals surface area contributed by atoms with E-state index >= 15 is 0 Å². The molecule has 7 aromatic carbocycles. The molecule has 12 rings (SSSR count).